The van der Waals surface area contributed by atoms with Gasteiger partial charge in [-0.1, -0.05) is 5.92 Å². The molecule has 0 bridgehead atoms. The van der Waals surface area contributed by atoms with Crippen LogP contribution in [0.4, 0.5) is 0 Å². The van der Waals surface area contributed by atoms with Crippen molar-refractivity contribution in [2.45, 2.75) is 25.7 Å². The highest BCUT2D eigenvalue weighted by Crippen LogP contribution is 2.29. The highest BCUT2D eigenvalue weighted by Gasteiger charge is 2.24. The van der Waals surface area contributed by atoms with E-state index in [9.17, 15) is 0 Å². The Morgan fingerprint density at radius 1 is 1.20 bits per heavy atom. The van der Waals surface area contributed by atoms with Crippen LogP contribution >= 0.6 is 0 Å². The molecule has 2 fully saturated rings. The number of nitrogens with one attached hydrogen (secondary N) is 1. The Kier molecular flexibility index (Phi) is 4.05. The van der Waals surface area contributed by atoms with Crippen molar-refractivity contribution in [3.63, 3.8) is 0 Å². The van der Waals surface area contributed by atoms with E-state index in [2.05, 4.69) is 16.1 Å². The Labute approximate surface area is 93.4 Å². The first-order chi connectivity index (χ1) is 7.38. The van der Waals surface area contributed by atoms with Crippen molar-refractivity contribution in [1.82, 2.24) is 10.2 Å². The van der Waals surface area contributed by atoms with Crippen molar-refractivity contribution in [2.75, 3.05) is 32.7 Å². The standard InChI is InChI=1S/C13H22N2/c1-2-8-15(11-13-5-6-13)9-7-14-10-12-3-4-12/h1,12-14H,3-11H2. The minimum atomic E-state index is 0.821. The van der Waals surface area contributed by atoms with Gasteiger partial charge in [-0.05, 0) is 44.1 Å². The first kappa shape index (κ1) is 11.0. The molecule has 0 heterocycles. The molecule has 0 aromatic carbocycles. The van der Waals surface area contributed by atoms with Gasteiger partial charge >= 0.3 is 0 Å². The zero-order valence-electron chi connectivity index (χ0n) is 9.54. The summed E-state index contributed by atoms with van der Waals surface area (Å²) in [6, 6.07) is 0. The molecule has 1 N–H and O–H groups in total. The molecule has 84 valence electrons. The first-order valence-electron chi connectivity index (χ1n) is 6.25. The lowest BCUT2D eigenvalue weighted by atomic mass is 10.3. The van der Waals surface area contributed by atoms with Crippen LogP contribution in [-0.4, -0.2) is 37.6 Å². The SMILES string of the molecule is C#CCN(CCNCC1CC1)CC1CC1. The van der Waals surface area contributed by atoms with Crippen LogP contribution < -0.4 is 5.32 Å². The molecule has 2 aliphatic rings. The molecule has 2 rings (SSSR count). The molecule has 2 heteroatoms. The summed E-state index contributed by atoms with van der Waals surface area (Å²) >= 11 is 0. The van der Waals surface area contributed by atoms with E-state index in [1.54, 1.807) is 0 Å². The zero-order chi connectivity index (χ0) is 10.5. The van der Waals surface area contributed by atoms with E-state index >= 15 is 0 Å². The van der Waals surface area contributed by atoms with Gasteiger partial charge in [0.2, 0.25) is 0 Å². The van der Waals surface area contributed by atoms with Crippen molar-refractivity contribution in [1.29, 1.82) is 0 Å². The Hall–Kier alpha value is -0.520. The van der Waals surface area contributed by atoms with Gasteiger partial charge in [-0.25, -0.2) is 0 Å². The van der Waals surface area contributed by atoms with Gasteiger partial charge in [-0.15, -0.1) is 6.42 Å². The van der Waals surface area contributed by atoms with E-state index in [-0.39, 0.29) is 0 Å². The van der Waals surface area contributed by atoms with E-state index in [1.807, 2.05) is 0 Å². The summed E-state index contributed by atoms with van der Waals surface area (Å²) in [6.45, 7) is 5.47. The molecule has 0 aromatic heterocycles. The van der Waals surface area contributed by atoms with Gasteiger partial charge in [0, 0.05) is 19.6 Å². The third kappa shape index (κ3) is 4.68. The minimum absolute atomic E-state index is 0.821. The monoisotopic (exact) mass is 206 g/mol. The number of rotatable bonds is 8. The Morgan fingerprint density at radius 3 is 2.53 bits per heavy atom. The van der Waals surface area contributed by atoms with Crippen molar-refractivity contribution >= 4 is 0 Å². The summed E-state index contributed by atoms with van der Waals surface area (Å²) in [5.74, 6) is 4.69. The average molecular weight is 206 g/mol. The summed E-state index contributed by atoms with van der Waals surface area (Å²) in [4.78, 5) is 2.41. The Balaban J connectivity index is 1.53. The van der Waals surface area contributed by atoms with Gasteiger partial charge in [0.05, 0.1) is 6.54 Å². The molecule has 0 spiro atoms. The lowest BCUT2D eigenvalue weighted by Crippen LogP contribution is -2.34. The van der Waals surface area contributed by atoms with E-state index in [4.69, 9.17) is 6.42 Å². The largest absolute Gasteiger partial charge is 0.315 e. The van der Waals surface area contributed by atoms with Gasteiger partial charge in [0.15, 0.2) is 0 Å². The third-order valence-corrected chi connectivity index (χ3v) is 3.26. The molecule has 0 saturated heterocycles. The molecule has 2 nitrogen and oxygen atoms in total. The van der Waals surface area contributed by atoms with Gasteiger partial charge in [-0.2, -0.15) is 0 Å². The lowest BCUT2D eigenvalue weighted by Gasteiger charge is -2.19. The molecule has 0 radical (unpaired) electrons. The second-order valence-electron chi connectivity index (χ2n) is 5.03. The van der Waals surface area contributed by atoms with E-state index in [1.165, 1.54) is 38.8 Å². The fraction of sp³-hybridized carbons (Fsp3) is 0.846. The molecular formula is C13H22N2. The summed E-state index contributed by atoms with van der Waals surface area (Å²) in [7, 11) is 0. The van der Waals surface area contributed by atoms with Crippen molar-refractivity contribution < 1.29 is 0 Å². The summed E-state index contributed by atoms with van der Waals surface area (Å²) in [6.07, 6.45) is 11.1. The average Bonchev–Trinajstić information content (AvgIpc) is 3.07. The number of hydrogen-bond acceptors (Lipinski definition) is 2. The number of terminal acetylenes is 1. The predicted octanol–water partition coefficient (Wildman–Crippen LogP) is 1.33. The van der Waals surface area contributed by atoms with E-state index in [0.29, 0.717) is 0 Å². The second-order valence-corrected chi connectivity index (χ2v) is 5.03. The van der Waals surface area contributed by atoms with Crippen molar-refractivity contribution in [2.24, 2.45) is 11.8 Å². The lowest BCUT2D eigenvalue weighted by molar-refractivity contribution is 0.293. The maximum atomic E-state index is 5.38. The van der Waals surface area contributed by atoms with Crippen LogP contribution in [-0.2, 0) is 0 Å². The number of nitrogens with zero attached hydrogens (tertiary/aromatic N) is 1. The highest BCUT2D eigenvalue weighted by atomic mass is 15.1. The molecule has 0 atom stereocenters. The summed E-state index contributed by atoms with van der Waals surface area (Å²) < 4.78 is 0. The minimum Gasteiger partial charge on any atom is -0.315 e. The summed E-state index contributed by atoms with van der Waals surface area (Å²) in [5.41, 5.74) is 0. The quantitative estimate of drug-likeness (QED) is 0.476. The molecule has 0 aliphatic heterocycles. The topological polar surface area (TPSA) is 15.3 Å². The van der Waals surface area contributed by atoms with Crippen LogP contribution in [0.15, 0.2) is 0 Å². The molecule has 0 unspecified atom stereocenters. The Morgan fingerprint density at radius 2 is 1.93 bits per heavy atom. The van der Waals surface area contributed by atoms with E-state index in [0.717, 1.165) is 31.5 Å². The highest BCUT2D eigenvalue weighted by molar-refractivity contribution is 4.90. The normalized spacial score (nSPS) is 20.5. The maximum Gasteiger partial charge on any atom is 0.0599 e. The van der Waals surface area contributed by atoms with Crippen LogP contribution in [0, 0.1) is 24.2 Å². The van der Waals surface area contributed by atoms with Crippen LogP contribution in [0.5, 0.6) is 0 Å². The third-order valence-electron chi connectivity index (χ3n) is 3.26. The van der Waals surface area contributed by atoms with Crippen molar-refractivity contribution in [3.05, 3.63) is 0 Å². The summed E-state index contributed by atoms with van der Waals surface area (Å²) in [5, 5.41) is 3.52. The predicted molar refractivity (Wildman–Crippen MR) is 63.6 cm³/mol. The van der Waals surface area contributed by atoms with E-state index < -0.39 is 0 Å². The van der Waals surface area contributed by atoms with Gasteiger partial charge < -0.3 is 5.32 Å². The van der Waals surface area contributed by atoms with Crippen LogP contribution in [0.25, 0.3) is 0 Å². The van der Waals surface area contributed by atoms with Crippen LogP contribution in [0.2, 0.25) is 0 Å². The maximum absolute atomic E-state index is 5.38. The van der Waals surface area contributed by atoms with Crippen LogP contribution in [0.1, 0.15) is 25.7 Å². The molecule has 2 aliphatic carbocycles. The first-order valence-corrected chi connectivity index (χ1v) is 6.25. The zero-order valence-corrected chi connectivity index (χ0v) is 9.54. The van der Waals surface area contributed by atoms with Gasteiger partial charge in [0.25, 0.3) is 0 Å². The second kappa shape index (κ2) is 5.53. The smallest absolute Gasteiger partial charge is 0.0599 e. The molecule has 0 amide bonds. The van der Waals surface area contributed by atoms with Gasteiger partial charge in [-0.3, -0.25) is 4.90 Å². The molecule has 15 heavy (non-hydrogen) atoms. The molecule has 0 aromatic rings. The fourth-order valence-corrected chi connectivity index (χ4v) is 1.89. The number of hydrogen-bond donors (Lipinski definition) is 1. The fourth-order valence-electron chi connectivity index (χ4n) is 1.89. The van der Waals surface area contributed by atoms with Crippen LogP contribution in [0.3, 0.4) is 0 Å². The van der Waals surface area contributed by atoms with Crippen molar-refractivity contribution in [3.8, 4) is 12.3 Å². The molecular weight excluding hydrogens is 184 g/mol. The molecule has 2 saturated carbocycles. The van der Waals surface area contributed by atoms with Gasteiger partial charge in [0.1, 0.15) is 0 Å². The Bertz CT molecular complexity index is 223.